The van der Waals surface area contributed by atoms with Crippen LogP contribution in [0.15, 0.2) is 42.5 Å². The Morgan fingerprint density at radius 3 is 2.45 bits per heavy atom. The van der Waals surface area contributed by atoms with Gasteiger partial charge in [-0.1, -0.05) is 37.6 Å². The average molecular weight is 413 g/mol. The topological polar surface area (TPSA) is 102 Å². The molecule has 2 amide bonds. The molecule has 1 aromatic heterocycles. The lowest BCUT2D eigenvalue weighted by molar-refractivity contribution is -0.117. The van der Waals surface area contributed by atoms with E-state index in [-0.39, 0.29) is 18.4 Å². The van der Waals surface area contributed by atoms with E-state index in [9.17, 15) is 9.59 Å². The fourth-order valence-electron chi connectivity index (χ4n) is 2.65. The summed E-state index contributed by atoms with van der Waals surface area (Å²) in [7, 11) is 0. The smallest absolute Gasteiger partial charge is 0.248 e. The Morgan fingerprint density at radius 2 is 1.83 bits per heavy atom. The van der Waals surface area contributed by atoms with Crippen molar-refractivity contribution in [1.82, 2.24) is 20.2 Å². The molecule has 0 saturated heterocycles. The van der Waals surface area contributed by atoms with Crippen LogP contribution in [0.3, 0.4) is 0 Å². The number of carbonyl (C=O) groups is 2. The molecule has 0 saturated carbocycles. The Hall–Kier alpha value is -3.26. The van der Waals surface area contributed by atoms with Gasteiger partial charge in [-0.15, -0.1) is 10.2 Å². The van der Waals surface area contributed by atoms with E-state index < -0.39 is 0 Å². The van der Waals surface area contributed by atoms with Crippen molar-refractivity contribution in [3.63, 3.8) is 0 Å². The SMILES string of the molecule is CC(=O)Nc1ccc(-c2nnn(CC(=O)Nc3ccc(C(C)C)cc3)n2)cc1Cl. The largest absolute Gasteiger partial charge is 0.325 e. The van der Waals surface area contributed by atoms with E-state index in [2.05, 4.69) is 39.9 Å². The minimum atomic E-state index is -0.259. The van der Waals surface area contributed by atoms with Gasteiger partial charge in [0.05, 0.1) is 10.7 Å². The lowest BCUT2D eigenvalue weighted by Crippen LogP contribution is -2.20. The van der Waals surface area contributed by atoms with E-state index in [4.69, 9.17) is 11.6 Å². The predicted molar refractivity (Wildman–Crippen MR) is 112 cm³/mol. The van der Waals surface area contributed by atoms with E-state index in [1.807, 2.05) is 24.3 Å². The van der Waals surface area contributed by atoms with E-state index in [0.717, 1.165) is 0 Å². The van der Waals surface area contributed by atoms with Crippen LogP contribution >= 0.6 is 11.6 Å². The molecule has 9 heteroatoms. The lowest BCUT2D eigenvalue weighted by Gasteiger charge is -2.08. The molecule has 29 heavy (non-hydrogen) atoms. The molecule has 0 spiro atoms. The van der Waals surface area contributed by atoms with Crippen LogP contribution in [0, 0.1) is 0 Å². The summed E-state index contributed by atoms with van der Waals surface area (Å²) in [6.07, 6.45) is 0. The Labute approximate surface area is 173 Å². The Bertz CT molecular complexity index is 1030. The molecule has 3 aromatic rings. The third-order valence-electron chi connectivity index (χ3n) is 4.14. The number of tetrazole rings is 1. The second-order valence-corrected chi connectivity index (χ2v) is 7.25. The van der Waals surface area contributed by atoms with Crippen molar-refractivity contribution in [2.24, 2.45) is 0 Å². The molecule has 2 N–H and O–H groups in total. The van der Waals surface area contributed by atoms with Crippen molar-refractivity contribution in [3.8, 4) is 11.4 Å². The molecular weight excluding hydrogens is 392 g/mol. The minimum absolute atomic E-state index is 0.0728. The van der Waals surface area contributed by atoms with Gasteiger partial charge >= 0.3 is 0 Å². The first-order chi connectivity index (χ1) is 13.8. The van der Waals surface area contributed by atoms with Crippen LogP contribution in [0.25, 0.3) is 11.4 Å². The zero-order valence-electron chi connectivity index (χ0n) is 16.3. The highest BCUT2D eigenvalue weighted by Crippen LogP contribution is 2.27. The van der Waals surface area contributed by atoms with Crippen molar-refractivity contribution < 1.29 is 9.59 Å². The maximum absolute atomic E-state index is 12.2. The third-order valence-corrected chi connectivity index (χ3v) is 4.45. The van der Waals surface area contributed by atoms with Gasteiger partial charge in [0.1, 0.15) is 6.54 Å². The Kier molecular flexibility index (Phi) is 6.23. The van der Waals surface area contributed by atoms with Crippen molar-refractivity contribution >= 4 is 34.8 Å². The molecule has 3 rings (SSSR count). The molecule has 0 aliphatic rings. The van der Waals surface area contributed by atoms with Crippen LogP contribution in [-0.2, 0) is 16.1 Å². The Balaban J connectivity index is 1.64. The maximum Gasteiger partial charge on any atom is 0.248 e. The molecule has 0 aliphatic carbocycles. The van der Waals surface area contributed by atoms with Crippen LogP contribution in [0.5, 0.6) is 0 Å². The van der Waals surface area contributed by atoms with Gasteiger partial charge in [0.2, 0.25) is 17.6 Å². The maximum atomic E-state index is 12.2. The van der Waals surface area contributed by atoms with Gasteiger partial charge in [0.15, 0.2) is 0 Å². The van der Waals surface area contributed by atoms with Crippen molar-refractivity contribution in [2.75, 3.05) is 10.6 Å². The number of halogens is 1. The van der Waals surface area contributed by atoms with E-state index in [0.29, 0.717) is 33.7 Å². The second-order valence-electron chi connectivity index (χ2n) is 6.84. The highest BCUT2D eigenvalue weighted by atomic mass is 35.5. The summed E-state index contributed by atoms with van der Waals surface area (Å²) in [5.74, 6) is 0.285. The highest BCUT2D eigenvalue weighted by Gasteiger charge is 2.12. The van der Waals surface area contributed by atoms with Crippen molar-refractivity contribution in [1.29, 1.82) is 0 Å². The number of anilines is 2. The number of hydrogen-bond acceptors (Lipinski definition) is 5. The number of hydrogen-bond donors (Lipinski definition) is 2. The van der Waals surface area contributed by atoms with Gasteiger partial charge in [0, 0.05) is 18.2 Å². The summed E-state index contributed by atoms with van der Waals surface area (Å²) in [5, 5.41) is 17.9. The van der Waals surface area contributed by atoms with Gasteiger partial charge in [-0.25, -0.2) is 0 Å². The second kappa shape index (κ2) is 8.83. The van der Waals surface area contributed by atoms with E-state index in [1.165, 1.54) is 17.3 Å². The summed E-state index contributed by atoms with van der Waals surface area (Å²) < 4.78 is 0. The quantitative estimate of drug-likeness (QED) is 0.642. The molecule has 0 atom stereocenters. The zero-order valence-corrected chi connectivity index (χ0v) is 17.1. The standard InChI is InChI=1S/C20H21ClN6O2/c1-12(2)14-4-7-16(8-5-14)23-19(29)11-27-25-20(24-26-27)15-6-9-18(17(21)10-15)22-13(3)28/h4-10,12H,11H2,1-3H3,(H,22,28)(H,23,29). The molecule has 0 bridgehead atoms. The number of carbonyl (C=O) groups excluding carboxylic acids is 2. The first-order valence-electron chi connectivity index (χ1n) is 9.07. The number of amides is 2. The number of aromatic nitrogens is 4. The summed E-state index contributed by atoms with van der Waals surface area (Å²) in [6.45, 7) is 5.56. The van der Waals surface area contributed by atoms with Crippen molar-refractivity contribution in [3.05, 3.63) is 53.1 Å². The molecule has 150 valence electrons. The van der Waals surface area contributed by atoms with Gasteiger partial charge in [-0.3, -0.25) is 9.59 Å². The van der Waals surface area contributed by atoms with Crippen LogP contribution < -0.4 is 10.6 Å². The number of rotatable bonds is 6. The minimum Gasteiger partial charge on any atom is -0.325 e. The lowest BCUT2D eigenvalue weighted by atomic mass is 10.0. The molecule has 8 nitrogen and oxygen atoms in total. The molecule has 2 aromatic carbocycles. The van der Waals surface area contributed by atoms with Gasteiger partial charge in [0.25, 0.3) is 0 Å². The zero-order chi connectivity index (χ0) is 21.0. The van der Waals surface area contributed by atoms with E-state index in [1.54, 1.807) is 18.2 Å². The first kappa shape index (κ1) is 20.5. The predicted octanol–water partition coefficient (Wildman–Crippen LogP) is 3.71. The number of nitrogens with zero attached hydrogens (tertiary/aromatic N) is 4. The van der Waals surface area contributed by atoms with Crippen LogP contribution in [0.1, 0.15) is 32.3 Å². The average Bonchev–Trinajstić information content (AvgIpc) is 3.11. The number of benzene rings is 2. The van der Waals surface area contributed by atoms with Crippen LogP contribution in [0.4, 0.5) is 11.4 Å². The monoisotopic (exact) mass is 412 g/mol. The molecule has 0 radical (unpaired) electrons. The molecule has 0 fully saturated rings. The van der Waals surface area contributed by atoms with Gasteiger partial charge in [-0.05, 0) is 47.0 Å². The van der Waals surface area contributed by atoms with E-state index >= 15 is 0 Å². The van der Waals surface area contributed by atoms with Crippen LogP contribution in [-0.4, -0.2) is 32.0 Å². The molecule has 0 aliphatic heterocycles. The molecule has 0 unspecified atom stereocenters. The fraction of sp³-hybridized carbons (Fsp3) is 0.250. The molecular formula is C20H21ClN6O2. The Morgan fingerprint density at radius 1 is 1.10 bits per heavy atom. The number of nitrogens with one attached hydrogen (secondary N) is 2. The summed E-state index contributed by atoms with van der Waals surface area (Å²) in [5.41, 5.74) is 3.03. The highest BCUT2D eigenvalue weighted by molar-refractivity contribution is 6.34. The fourth-order valence-corrected chi connectivity index (χ4v) is 2.88. The first-order valence-corrected chi connectivity index (χ1v) is 9.44. The molecule has 1 heterocycles. The normalized spacial score (nSPS) is 10.8. The third kappa shape index (κ3) is 5.39. The van der Waals surface area contributed by atoms with Crippen LogP contribution in [0.2, 0.25) is 5.02 Å². The summed E-state index contributed by atoms with van der Waals surface area (Å²) >= 11 is 6.17. The summed E-state index contributed by atoms with van der Waals surface area (Å²) in [6, 6.07) is 12.7. The van der Waals surface area contributed by atoms with Gasteiger partial charge < -0.3 is 10.6 Å². The summed E-state index contributed by atoms with van der Waals surface area (Å²) in [4.78, 5) is 24.6. The van der Waals surface area contributed by atoms with Crippen molar-refractivity contribution in [2.45, 2.75) is 33.2 Å². The van der Waals surface area contributed by atoms with Gasteiger partial charge in [-0.2, -0.15) is 4.80 Å².